The van der Waals surface area contributed by atoms with Gasteiger partial charge in [-0.05, 0) is 175 Å². The van der Waals surface area contributed by atoms with Crippen LogP contribution in [0, 0.1) is 0 Å². The summed E-state index contributed by atoms with van der Waals surface area (Å²) in [5, 5.41) is 19.0. The summed E-state index contributed by atoms with van der Waals surface area (Å²) in [6.45, 7) is 0. The van der Waals surface area contributed by atoms with Crippen molar-refractivity contribution in [2.24, 2.45) is 0 Å². The predicted molar refractivity (Wildman–Crippen MR) is 313 cm³/mol. The third-order valence-electron chi connectivity index (χ3n) is 15.8. The van der Waals surface area contributed by atoms with E-state index < -0.39 is 0 Å². The van der Waals surface area contributed by atoms with Gasteiger partial charge in [-0.1, -0.05) is 200 Å². The van der Waals surface area contributed by atoms with Gasteiger partial charge >= 0.3 is 0 Å². The molecule has 74 heavy (non-hydrogen) atoms. The Bertz CT molecular complexity index is 5020. The van der Waals surface area contributed by atoms with Gasteiger partial charge in [0.25, 0.3) is 0 Å². The Morgan fingerprint density at radius 1 is 0.176 bits per heavy atom. The quantitative estimate of drug-likeness (QED) is 0.161. The van der Waals surface area contributed by atoms with E-state index >= 15 is 0 Å². The largest absolute Gasteiger partial charge is 0.456 e. The molecule has 0 saturated carbocycles. The van der Waals surface area contributed by atoms with Gasteiger partial charge in [-0.25, -0.2) is 0 Å². The molecule has 0 aliphatic heterocycles. The number of furan rings is 2. The van der Waals surface area contributed by atoms with Gasteiger partial charge in [-0.2, -0.15) is 0 Å². The number of hydrogen-bond donors (Lipinski definition) is 0. The third-order valence-corrected chi connectivity index (χ3v) is 15.8. The summed E-state index contributed by atoms with van der Waals surface area (Å²) in [5.74, 6) is 0. The van der Waals surface area contributed by atoms with Crippen LogP contribution >= 0.6 is 0 Å². The summed E-state index contributed by atoms with van der Waals surface area (Å²) >= 11 is 0. The summed E-state index contributed by atoms with van der Waals surface area (Å²) < 4.78 is 13.1. The summed E-state index contributed by atoms with van der Waals surface area (Å²) in [4.78, 5) is 0. The van der Waals surface area contributed by atoms with E-state index in [1.165, 1.54) is 98.0 Å². The monoisotopic (exact) mass is 938 g/mol. The molecular formula is C72H42O2. The first-order chi connectivity index (χ1) is 36.7. The van der Waals surface area contributed by atoms with Crippen LogP contribution in [0.5, 0.6) is 0 Å². The smallest absolute Gasteiger partial charge is 0.136 e. The van der Waals surface area contributed by atoms with Crippen molar-refractivity contribution in [3.63, 3.8) is 0 Å². The molecule has 0 fully saturated rings. The van der Waals surface area contributed by atoms with Gasteiger partial charge in [0.1, 0.15) is 22.3 Å². The van der Waals surface area contributed by atoms with E-state index in [1.54, 1.807) is 0 Å². The summed E-state index contributed by atoms with van der Waals surface area (Å²) in [5.41, 5.74) is 15.4. The molecule has 0 radical (unpaired) electrons. The molecule has 16 rings (SSSR count). The molecule has 14 aromatic carbocycles. The first-order valence-corrected chi connectivity index (χ1v) is 25.5. The van der Waals surface area contributed by atoms with Gasteiger partial charge in [-0.3, -0.25) is 0 Å². The Labute approximate surface area is 425 Å². The SMILES string of the molecule is c1ccc2cc(-c3c4ccccc4c(-c4ccc5c(c4)oc4ccccc45)c4ccc(-c5ccc6c(-c7ccc8c(c7)oc7ccccc78)c7ccccc7c(-c7cccc8ccccc78)c6c5)cc34)ccc2c1. The maximum atomic E-state index is 6.54. The number of rotatable bonds is 5. The van der Waals surface area contributed by atoms with Crippen molar-refractivity contribution in [2.75, 3.05) is 0 Å². The number of fused-ring (bicyclic) bond motifs is 12. The Morgan fingerprint density at radius 2 is 0.541 bits per heavy atom. The average molecular weight is 939 g/mol. The first-order valence-electron chi connectivity index (χ1n) is 25.5. The average Bonchev–Trinajstić information content (AvgIpc) is 4.03. The molecule has 2 nitrogen and oxygen atoms in total. The maximum absolute atomic E-state index is 6.54. The van der Waals surface area contributed by atoms with Crippen LogP contribution in [0.25, 0.3) is 164 Å². The minimum Gasteiger partial charge on any atom is -0.456 e. The van der Waals surface area contributed by atoms with Crippen LogP contribution in [0.15, 0.2) is 264 Å². The first kappa shape index (κ1) is 40.9. The van der Waals surface area contributed by atoms with Crippen molar-refractivity contribution in [2.45, 2.75) is 0 Å². The molecule has 0 amide bonds. The second-order valence-electron chi connectivity index (χ2n) is 19.8. The molecule has 0 bridgehead atoms. The Morgan fingerprint density at radius 3 is 1.12 bits per heavy atom. The van der Waals surface area contributed by atoms with Gasteiger partial charge in [0.15, 0.2) is 0 Å². The fourth-order valence-electron chi connectivity index (χ4n) is 12.5. The van der Waals surface area contributed by atoms with E-state index in [1.807, 2.05) is 12.1 Å². The van der Waals surface area contributed by atoms with Crippen LogP contribution in [-0.2, 0) is 0 Å². The lowest BCUT2D eigenvalue weighted by molar-refractivity contribution is 0.668. The Hall–Kier alpha value is -9.76. The number of hydrogen-bond acceptors (Lipinski definition) is 2. The second-order valence-corrected chi connectivity index (χ2v) is 19.8. The molecule has 0 unspecified atom stereocenters. The zero-order chi connectivity index (χ0) is 48.4. The molecule has 2 heteroatoms. The fraction of sp³-hybridized carbons (Fsp3) is 0. The molecule has 0 N–H and O–H groups in total. The van der Waals surface area contributed by atoms with E-state index in [2.05, 4.69) is 243 Å². The molecule has 0 saturated heterocycles. The summed E-state index contributed by atoms with van der Waals surface area (Å²) in [6.07, 6.45) is 0. The van der Waals surface area contributed by atoms with Crippen molar-refractivity contribution in [1.82, 2.24) is 0 Å². The number of benzene rings is 14. The molecule has 0 spiro atoms. The highest BCUT2D eigenvalue weighted by molar-refractivity contribution is 6.26. The molecule has 342 valence electrons. The van der Waals surface area contributed by atoms with E-state index in [0.717, 1.165) is 66.1 Å². The van der Waals surface area contributed by atoms with E-state index in [4.69, 9.17) is 8.83 Å². The van der Waals surface area contributed by atoms with Gasteiger partial charge in [-0.15, -0.1) is 0 Å². The number of para-hydroxylation sites is 2. The molecule has 2 aromatic heterocycles. The lowest BCUT2D eigenvalue weighted by Crippen LogP contribution is -1.93. The second kappa shape index (κ2) is 15.9. The Kier molecular flexibility index (Phi) is 8.78. The van der Waals surface area contributed by atoms with E-state index in [0.29, 0.717) is 0 Å². The van der Waals surface area contributed by atoms with Crippen LogP contribution in [0.3, 0.4) is 0 Å². The fourth-order valence-corrected chi connectivity index (χ4v) is 12.5. The standard InChI is InChI=1S/C72H42O2/c1-2-16-45-38-48(29-28-43(45)14-1)71-58-22-6-5-21-57(58)69(49-32-34-54-52-19-9-11-26-65(52)73-67(54)41-49)61-36-30-46(39-63(61)71)47-31-37-62-64(40-47)72(56-25-13-17-44-15-3-4-18-51(44)56)60-24-8-7-23-59(60)70(62)50-33-35-55-53-20-10-12-27-66(53)74-68(55)42-50/h1-42H. The zero-order valence-corrected chi connectivity index (χ0v) is 40.1. The highest BCUT2D eigenvalue weighted by Crippen LogP contribution is 2.50. The maximum Gasteiger partial charge on any atom is 0.136 e. The van der Waals surface area contributed by atoms with Crippen molar-refractivity contribution in [3.8, 4) is 55.6 Å². The highest BCUT2D eigenvalue weighted by atomic mass is 16.3. The molecular weight excluding hydrogens is 897 g/mol. The van der Waals surface area contributed by atoms with Crippen molar-refractivity contribution >= 4 is 109 Å². The predicted octanol–water partition coefficient (Wildman–Crippen LogP) is 20.7. The van der Waals surface area contributed by atoms with Crippen LogP contribution in [0.1, 0.15) is 0 Å². The van der Waals surface area contributed by atoms with Crippen molar-refractivity contribution in [1.29, 1.82) is 0 Å². The Balaban J connectivity index is 0.986. The van der Waals surface area contributed by atoms with Crippen molar-refractivity contribution in [3.05, 3.63) is 255 Å². The lowest BCUT2D eigenvalue weighted by Gasteiger charge is -2.21. The summed E-state index contributed by atoms with van der Waals surface area (Å²) in [7, 11) is 0. The van der Waals surface area contributed by atoms with Crippen LogP contribution in [-0.4, -0.2) is 0 Å². The molecule has 0 aliphatic carbocycles. The van der Waals surface area contributed by atoms with Crippen LogP contribution < -0.4 is 0 Å². The topological polar surface area (TPSA) is 26.3 Å². The van der Waals surface area contributed by atoms with Crippen LogP contribution in [0.4, 0.5) is 0 Å². The summed E-state index contributed by atoms with van der Waals surface area (Å²) in [6, 6.07) is 93.5. The van der Waals surface area contributed by atoms with Gasteiger partial charge < -0.3 is 8.83 Å². The van der Waals surface area contributed by atoms with Crippen molar-refractivity contribution < 1.29 is 8.83 Å². The molecule has 0 aliphatic rings. The van der Waals surface area contributed by atoms with E-state index in [-0.39, 0.29) is 0 Å². The minimum absolute atomic E-state index is 0.887. The van der Waals surface area contributed by atoms with Crippen LogP contribution in [0.2, 0.25) is 0 Å². The van der Waals surface area contributed by atoms with E-state index in [9.17, 15) is 0 Å². The lowest BCUT2D eigenvalue weighted by atomic mass is 9.82. The molecule has 0 atom stereocenters. The highest BCUT2D eigenvalue weighted by Gasteiger charge is 2.23. The molecule has 2 heterocycles. The van der Waals surface area contributed by atoms with Gasteiger partial charge in [0.2, 0.25) is 0 Å². The molecule has 16 aromatic rings. The normalized spacial score (nSPS) is 12.1. The zero-order valence-electron chi connectivity index (χ0n) is 40.1. The van der Waals surface area contributed by atoms with Gasteiger partial charge in [0.05, 0.1) is 0 Å². The minimum atomic E-state index is 0.887. The third kappa shape index (κ3) is 6.12. The van der Waals surface area contributed by atoms with Gasteiger partial charge in [0, 0.05) is 21.5 Å².